The van der Waals surface area contributed by atoms with Crippen LogP contribution in [0.4, 0.5) is 10.6 Å². The van der Waals surface area contributed by atoms with Crippen LogP contribution in [-0.2, 0) is 13.0 Å². The van der Waals surface area contributed by atoms with Crippen molar-refractivity contribution in [1.82, 2.24) is 25.4 Å². The molecule has 3 amide bonds. The van der Waals surface area contributed by atoms with Crippen molar-refractivity contribution < 1.29 is 9.59 Å². The van der Waals surface area contributed by atoms with Gasteiger partial charge in [-0.05, 0) is 41.5 Å². The lowest BCUT2D eigenvalue weighted by atomic mass is 9.89. The number of urea groups is 1. The van der Waals surface area contributed by atoms with Crippen LogP contribution in [0.2, 0.25) is 5.02 Å². The standard InChI is InChI=1S/C25H29ClN6O2/c1-15(16-5-7-17(8-6-16)23(33)27-4)11-29-24(34)31-22-9-18(20(26)13-28-22)19-12-30-32-14-25(2,3)10-21(19)32/h5-9,12-13,15H,10-11,14H2,1-4H3,(H,27,33)(H2,28,29,31,34)/t15-/m0/s1. The molecule has 0 fully saturated rings. The van der Waals surface area contributed by atoms with Gasteiger partial charge < -0.3 is 10.6 Å². The Morgan fingerprint density at radius 1 is 1.18 bits per heavy atom. The molecule has 1 aromatic carbocycles. The Hall–Kier alpha value is -3.39. The van der Waals surface area contributed by atoms with Crippen LogP contribution in [0.25, 0.3) is 11.1 Å². The molecule has 4 rings (SSSR count). The van der Waals surface area contributed by atoms with Gasteiger partial charge in [-0.3, -0.25) is 14.8 Å². The van der Waals surface area contributed by atoms with Crippen LogP contribution in [0, 0.1) is 5.41 Å². The molecule has 0 saturated heterocycles. The van der Waals surface area contributed by atoms with Crippen LogP contribution < -0.4 is 16.0 Å². The van der Waals surface area contributed by atoms with Crippen molar-refractivity contribution >= 4 is 29.4 Å². The summed E-state index contributed by atoms with van der Waals surface area (Å²) in [4.78, 5) is 28.5. The van der Waals surface area contributed by atoms with E-state index in [4.69, 9.17) is 11.6 Å². The molecule has 2 aromatic heterocycles. The molecule has 1 aliphatic rings. The summed E-state index contributed by atoms with van der Waals surface area (Å²) >= 11 is 6.45. The molecule has 9 heteroatoms. The van der Waals surface area contributed by atoms with Gasteiger partial charge in [0, 0.05) is 48.7 Å². The maximum absolute atomic E-state index is 12.5. The van der Waals surface area contributed by atoms with Crippen molar-refractivity contribution in [1.29, 1.82) is 0 Å². The number of nitrogens with one attached hydrogen (secondary N) is 3. The van der Waals surface area contributed by atoms with Crippen molar-refractivity contribution in [3.8, 4) is 11.1 Å². The van der Waals surface area contributed by atoms with Gasteiger partial charge in [-0.25, -0.2) is 9.78 Å². The zero-order valence-electron chi connectivity index (χ0n) is 19.8. The molecule has 3 heterocycles. The number of carbonyl (C=O) groups excluding carboxylic acids is 2. The van der Waals surface area contributed by atoms with Gasteiger partial charge in [0.2, 0.25) is 0 Å². The highest BCUT2D eigenvalue weighted by atomic mass is 35.5. The molecule has 0 radical (unpaired) electrons. The smallest absolute Gasteiger partial charge is 0.320 e. The maximum Gasteiger partial charge on any atom is 0.320 e. The minimum Gasteiger partial charge on any atom is -0.355 e. The van der Waals surface area contributed by atoms with Gasteiger partial charge >= 0.3 is 6.03 Å². The third kappa shape index (κ3) is 5.07. The van der Waals surface area contributed by atoms with Crippen LogP contribution in [0.5, 0.6) is 0 Å². The van der Waals surface area contributed by atoms with Crippen LogP contribution in [0.3, 0.4) is 0 Å². The van der Waals surface area contributed by atoms with E-state index in [1.54, 1.807) is 31.4 Å². The van der Waals surface area contributed by atoms with Crippen molar-refractivity contribution in [3.63, 3.8) is 0 Å². The maximum atomic E-state index is 12.5. The van der Waals surface area contributed by atoms with Gasteiger partial charge in [0.25, 0.3) is 5.91 Å². The molecule has 0 aliphatic carbocycles. The first kappa shape index (κ1) is 23.8. The number of anilines is 1. The Bertz CT molecular complexity index is 1220. The highest BCUT2D eigenvalue weighted by molar-refractivity contribution is 6.33. The average molecular weight is 481 g/mol. The summed E-state index contributed by atoms with van der Waals surface area (Å²) in [6, 6.07) is 8.78. The number of nitrogens with zero attached hydrogens (tertiary/aromatic N) is 3. The highest BCUT2D eigenvalue weighted by Crippen LogP contribution is 2.39. The molecule has 0 bridgehead atoms. The van der Waals surface area contributed by atoms with Crippen LogP contribution >= 0.6 is 11.6 Å². The van der Waals surface area contributed by atoms with Gasteiger partial charge in [0.15, 0.2) is 0 Å². The molecule has 1 aliphatic heterocycles. The molecule has 1 atom stereocenters. The van der Waals surface area contributed by atoms with E-state index in [0.717, 1.165) is 35.3 Å². The number of pyridine rings is 1. The third-order valence-corrected chi connectivity index (χ3v) is 6.40. The Labute approximate surface area is 204 Å². The van der Waals surface area contributed by atoms with Gasteiger partial charge in [0.1, 0.15) is 5.82 Å². The number of hydrogen-bond acceptors (Lipinski definition) is 4. The molecule has 178 valence electrons. The Kier molecular flexibility index (Phi) is 6.61. The van der Waals surface area contributed by atoms with Crippen LogP contribution in [-0.4, -0.2) is 40.3 Å². The quantitative estimate of drug-likeness (QED) is 0.484. The van der Waals surface area contributed by atoms with Gasteiger partial charge in [-0.15, -0.1) is 0 Å². The summed E-state index contributed by atoms with van der Waals surface area (Å²) in [5.41, 5.74) is 4.69. The number of rotatable bonds is 6. The number of benzene rings is 1. The predicted molar refractivity (Wildman–Crippen MR) is 133 cm³/mol. The zero-order valence-corrected chi connectivity index (χ0v) is 20.5. The minimum atomic E-state index is -0.351. The minimum absolute atomic E-state index is 0.0663. The molecular formula is C25H29ClN6O2. The summed E-state index contributed by atoms with van der Waals surface area (Å²) in [5.74, 6) is 0.351. The van der Waals surface area contributed by atoms with E-state index in [0.29, 0.717) is 22.9 Å². The molecule has 0 saturated carbocycles. The van der Waals surface area contributed by atoms with Gasteiger partial charge in [-0.2, -0.15) is 5.10 Å². The summed E-state index contributed by atoms with van der Waals surface area (Å²) < 4.78 is 2.02. The molecule has 0 unspecified atom stereocenters. The Balaban J connectivity index is 1.39. The normalized spacial score (nSPS) is 14.9. The predicted octanol–water partition coefficient (Wildman–Crippen LogP) is 4.47. The molecule has 0 spiro atoms. The first-order valence-corrected chi connectivity index (χ1v) is 11.6. The fraction of sp³-hybridized carbons (Fsp3) is 0.360. The van der Waals surface area contributed by atoms with E-state index in [2.05, 4.69) is 39.9 Å². The summed E-state index contributed by atoms with van der Waals surface area (Å²) in [7, 11) is 1.60. The van der Waals surface area contributed by atoms with Crippen molar-refractivity contribution in [3.05, 3.63) is 64.6 Å². The lowest BCUT2D eigenvalue weighted by Gasteiger charge is -2.15. The van der Waals surface area contributed by atoms with Gasteiger partial charge in [0.05, 0.1) is 11.2 Å². The fourth-order valence-corrected chi connectivity index (χ4v) is 4.42. The van der Waals surface area contributed by atoms with E-state index in [9.17, 15) is 9.59 Å². The van der Waals surface area contributed by atoms with E-state index in [-0.39, 0.29) is 23.3 Å². The third-order valence-electron chi connectivity index (χ3n) is 6.10. The number of halogens is 1. The number of amides is 3. The molecule has 34 heavy (non-hydrogen) atoms. The van der Waals surface area contributed by atoms with E-state index in [1.165, 1.54) is 0 Å². The van der Waals surface area contributed by atoms with E-state index in [1.807, 2.05) is 29.9 Å². The summed E-state index contributed by atoms with van der Waals surface area (Å²) in [6.07, 6.45) is 4.28. The van der Waals surface area contributed by atoms with E-state index < -0.39 is 0 Å². The fourth-order valence-electron chi connectivity index (χ4n) is 4.22. The SMILES string of the molecule is CNC(=O)c1ccc([C@@H](C)CNC(=O)Nc2cc(-c3cnn4c3CC(C)(C)C4)c(Cl)cn2)cc1. The largest absolute Gasteiger partial charge is 0.355 e. The number of carbonyl (C=O) groups is 2. The Morgan fingerprint density at radius 3 is 2.62 bits per heavy atom. The summed E-state index contributed by atoms with van der Waals surface area (Å²) in [6.45, 7) is 7.74. The Morgan fingerprint density at radius 2 is 1.91 bits per heavy atom. The van der Waals surface area contributed by atoms with Gasteiger partial charge in [-0.1, -0.05) is 44.5 Å². The molecule has 8 nitrogen and oxygen atoms in total. The first-order chi connectivity index (χ1) is 16.2. The van der Waals surface area contributed by atoms with Crippen molar-refractivity contribution in [2.24, 2.45) is 5.41 Å². The molecular weight excluding hydrogens is 452 g/mol. The van der Waals surface area contributed by atoms with Crippen LogP contribution in [0.1, 0.15) is 48.3 Å². The van der Waals surface area contributed by atoms with E-state index >= 15 is 0 Å². The number of hydrogen-bond donors (Lipinski definition) is 3. The van der Waals surface area contributed by atoms with Crippen molar-refractivity contribution in [2.75, 3.05) is 18.9 Å². The second kappa shape index (κ2) is 9.46. The molecule has 3 N–H and O–H groups in total. The number of aromatic nitrogens is 3. The monoisotopic (exact) mass is 480 g/mol. The highest BCUT2D eigenvalue weighted by Gasteiger charge is 2.32. The zero-order chi connectivity index (χ0) is 24.5. The lowest BCUT2D eigenvalue weighted by molar-refractivity contribution is 0.0963. The number of fused-ring (bicyclic) bond motifs is 1. The topological polar surface area (TPSA) is 101 Å². The van der Waals surface area contributed by atoms with Crippen LogP contribution in [0.15, 0.2) is 42.7 Å². The lowest BCUT2D eigenvalue weighted by Crippen LogP contribution is -2.32. The van der Waals surface area contributed by atoms with Crippen molar-refractivity contribution in [2.45, 2.75) is 39.7 Å². The second-order valence-corrected chi connectivity index (χ2v) is 9.90. The second-order valence-electron chi connectivity index (χ2n) is 9.49. The summed E-state index contributed by atoms with van der Waals surface area (Å²) in [5, 5.41) is 13.3. The average Bonchev–Trinajstić information content (AvgIpc) is 3.33. The molecule has 3 aromatic rings. The first-order valence-electron chi connectivity index (χ1n) is 11.2.